The molecule has 1 rings (SSSR count). The van der Waals surface area contributed by atoms with E-state index in [0.29, 0.717) is 13.1 Å². The zero-order chi connectivity index (χ0) is 13.2. The third-order valence-electron chi connectivity index (χ3n) is 3.68. The summed E-state index contributed by atoms with van der Waals surface area (Å²) in [5, 5.41) is 8.86. The van der Waals surface area contributed by atoms with Crippen molar-refractivity contribution in [1.82, 2.24) is 4.90 Å². The molecule has 0 amide bonds. The van der Waals surface area contributed by atoms with Crippen LogP contribution in [-0.4, -0.2) is 41.3 Å². The molecular formula is C11H18F3NO2. The SMILES string of the molecule is CC(C(=O)O)C(C)N1CCC(C(F)(F)F)CC1. The van der Waals surface area contributed by atoms with Gasteiger partial charge in [0.2, 0.25) is 0 Å². The summed E-state index contributed by atoms with van der Waals surface area (Å²) in [6, 6.07) is -0.221. The van der Waals surface area contributed by atoms with Crippen molar-refractivity contribution in [2.24, 2.45) is 11.8 Å². The van der Waals surface area contributed by atoms with Crippen molar-refractivity contribution < 1.29 is 23.1 Å². The van der Waals surface area contributed by atoms with Gasteiger partial charge in [0.1, 0.15) is 0 Å². The Morgan fingerprint density at radius 3 is 2.12 bits per heavy atom. The Bertz CT molecular complexity index is 272. The summed E-state index contributed by atoms with van der Waals surface area (Å²) in [4.78, 5) is 12.6. The maximum absolute atomic E-state index is 12.4. The number of piperidine rings is 1. The van der Waals surface area contributed by atoms with Gasteiger partial charge in [-0.1, -0.05) is 6.92 Å². The number of carbonyl (C=O) groups is 1. The normalized spacial score (nSPS) is 23.4. The van der Waals surface area contributed by atoms with Crippen LogP contribution in [0.1, 0.15) is 26.7 Å². The average molecular weight is 253 g/mol. The summed E-state index contributed by atoms with van der Waals surface area (Å²) in [6.45, 7) is 3.99. The summed E-state index contributed by atoms with van der Waals surface area (Å²) in [6.07, 6.45) is -3.98. The minimum atomic E-state index is -4.12. The number of nitrogens with zero attached hydrogens (tertiary/aromatic N) is 1. The number of hydrogen-bond acceptors (Lipinski definition) is 2. The van der Waals surface area contributed by atoms with E-state index >= 15 is 0 Å². The molecule has 6 heteroatoms. The van der Waals surface area contributed by atoms with E-state index in [9.17, 15) is 18.0 Å². The van der Waals surface area contributed by atoms with Crippen LogP contribution in [0.25, 0.3) is 0 Å². The van der Waals surface area contributed by atoms with E-state index in [2.05, 4.69) is 0 Å². The zero-order valence-electron chi connectivity index (χ0n) is 10.00. The van der Waals surface area contributed by atoms with Crippen molar-refractivity contribution in [2.75, 3.05) is 13.1 Å². The number of halogens is 3. The van der Waals surface area contributed by atoms with Gasteiger partial charge in [0.15, 0.2) is 0 Å². The monoisotopic (exact) mass is 253 g/mol. The number of carboxylic acids is 1. The first-order valence-corrected chi connectivity index (χ1v) is 5.77. The molecule has 0 bridgehead atoms. The maximum atomic E-state index is 12.4. The summed E-state index contributed by atoms with van der Waals surface area (Å²) in [7, 11) is 0. The molecule has 1 heterocycles. The van der Waals surface area contributed by atoms with Crippen LogP contribution >= 0.6 is 0 Å². The second-order valence-corrected chi connectivity index (χ2v) is 4.72. The first-order chi connectivity index (χ1) is 7.73. The zero-order valence-corrected chi connectivity index (χ0v) is 10.00. The lowest BCUT2D eigenvalue weighted by Crippen LogP contribution is -2.46. The molecule has 0 aromatic heterocycles. The van der Waals surface area contributed by atoms with Gasteiger partial charge in [0.05, 0.1) is 11.8 Å². The second kappa shape index (κ2) is 5.25. The summed E-state index contributed by atoms with van der Waals surface area (Å²) < 4.78 is 37.3. The van der Waals surface area contributed by atoms with E-state index in [-0.39, 0.29) is 18.9 Å². The highest BCUT2D eigenvalue weighted by atomic mass is 19.4. The summed E-state index contributed by atoms with van der Waals surface area (Å²) in [5.41, 5.74) is 0. The van der Waals surface area contributed by atoms with Crippen LogP contribution in [0.2, 0.25) is 0 Å². The predicted molar refractivity (Wildman–Crippen MR) is 56.6 cm³/mol. The molecule has 17 heavy (non-hydrogen) atoms. The molecule has 0 aromatic carbocycles. The van der Waals surface area contributed by atoms with Gasteiger partial charge in [-0.25, -0.2) is 0 Å². The summed E-state index contributed by atoms with van der Waals surface area (Å²) in [5.74, 6) is -2.70. The first-order valence-electron chi connectivity index (χ1n) is 5.77. The lowest BCUT2D eigenvalue weighted by Gasteiger charge is -2.37. The lowest BCUT2D eigenvalue weighted by atomic mass is 9.93. The quantitative estimate of drug-likeness (QED) is 0.839. The Labute approximate surface area is 98.6 Å². The van der Waals surface area contributed by atoms with Gasteiger partial charge in [-0.15, -0.1) is 0 Å². The smallest absolute Gasteiger partial charge is 0.391 e. The fourth-order valence-corrected chi connectivity index (χ4v) is 2.16. The topological polar surface area (TPSA) is 40.5 Å². The van der Waals surface area contributed by atoms with Crippen LogP contribution in [0.15, 0.2) is 0 Å². The van der Waals surface area contributed by atoms with E-state index < -0.39 is 24.0 Å². The summed E-state index contributed by atoms with van der Waals surface area (Å²) >= 11 is 0. The molecule has 0 aromatic rings. The fourth-order valence-electron chi connectivity index (χ4n) is 2.16. The first kappa shape index (κ1) is 14.3. The number of aliphatic carboxylic acids is 1. The van der Waals surface area contributed by atoms with Gasteiger partial charge in [-0.3, -0.25) is 9.69 Å². The third-order valence-corrected chi connectivity index (χ3v) is 3.68. The number of rotatable bonds is 3. The highest BCUT2D eigenvalue weighted by Gasteiger charge is 2.42. The van der Waals surface area contributed by atoms with Crippen LogP contribution in [0.4, 0.5) is 13.2 Å². The number of carboxylic acid groups (broad SMARTS) is 1. The molecule has 1 aliphatic heterocycles. The van der Waals surface area contributed by atoms with Crippen LogP contribution in [0.3, 0.4) is 0 Å². The van der Waals surface area contributed by atoms with E-state index in [1.165, 1.54) is 0 Å². The van der Waals surface area contributed by atoms with Crippen LogP contribution < -0.4 is 0 Å². The van der Waals surface area contributed by atoms with Crippen molar-refractivity contribution in [2.45, 2.75) is 38.9 Å². The largest absolute Gasteiger partial charge is 0.481 e. The van der Waals surface area contributed by atoms with Gasteiger partial charge in [0, 0.05) is 6.04 Å². The van der Waals surface area contributed by atoms with Crippen molar-refractivity contribution in [3.8, 4) is 0 Å². The van der Waals surface area contributed by atoms with Gasteiger partial charge >= 0.3 is 12.1 Å². The Morgan fingerprint density at radius 1 is 1.29 bits per heavy atom. The van der Waals surface area contributed by atoms with Crippen molar-refractivity contribution >= 4 is 5.97 Å². The molecule has 3 nitrogen and oxygen atoms in total. The highest BCUT2D eigenvalue weighted by Crippen LogP contribution is 2.34. The molecular weight excluding hydrogens is 235 g/mol. The Balaban J connectivity index is 2.49. The number of hydrogen-bond donors (Lipinski definition) is 1. The highest BCUT2D eigenvalue weighted by molar-refractivity contribution is 5.70. The maximum Gasteiger partial charge on any atom is 0.391 e. The molecule has 1 saturated heterocycles. The van der Waals surface area contributed by atoms with Gasteiger partial charge < -0.3 is 5.11 Å². The van der Waals surface area contributed by atoms with Crippen molar-refractivity contribution in [3.63, 3.8) is 0 Å². The molecule has 1 aliphatic rings. The van der Waals surface area contributed by atoms with E-state index in [4.69, 9.17) is 5.11 Å². The number of alkyl halides is 3. The predicted octanol–water partition coefficient (Wildman–Crippen LogP) is 2.37. The van der Waals surface area contributed by atoms with Crippen LogP contribution in [0.5, 0.6) is 0 Å². The van der Waals surface area contributed by atoms with E-state index in [1.54, 1.807) is 13.8 Å². The second-order valence-electron chi connectivity index (χ2n) is 4.72. The van der Waals surface area contributed by atoms with Gasteiger partial charge in [0.25, 0.3) is 0 Å². The Kier molecular flexibility index (Phi) is 4.41. The van der Waals surface area contributed by atoms with E-state index in [0.717, 1.165) is 0 Å². The van der Waals surface area contributed by atoms with Crippen molar-refractivity contribution in [1.29, 1.82) is 0 Å². The van der Waals surface area contributed by atoms with Crippen molar-refractivity contribution in [3.05, 3.63) is 0 Å². The van der Waals surface area contributed by atoms with Gasteiger partial charge in [-0.2, -0.15) is 13.2 Å². The molecule has 0 saturated carbocycles. The third kappa shape index (κ3) is 3.59. The molecule has 2 unspecified atom stereocenters. The Hall–Kier alpha value is -0.780. The molecule has 0 aliphatic carbocycles. The van der Waals surface area contributed by atoms with Crippen LogP contribution in [0, 0.1) is 11.8 Å². The Morgan fingerprint density at radius 2 is 1.76 bits per heavy atom. The molecule has 1 fully saturated rings. The minimum absolute atomic E-state index is 0.0696. The average Bonchev–Trinajstić information content (AvgIpc) is 2.26. The fraction of sp³-hybridized carbons (Fsp3) is 0.909. The minimum Gasteiger partial charge on any atom is -0.481 e. The number of likely N-dealkylation sites (tertiary alicyclic amines) is 1. The molecule has 1 N–H and O–H groups in total. The molecule has 100 valence electrons. The van der Waals surface area contributed by atoms with Crippen LogP contribution in [-0.2, 0) is 4.79 Å². The lowest BCUT2D eigenvalue weighted by molar-refractivity contribution is -0.186. The molecule has 0 spiro atoms. The standard InChI is InChI=1S/C11H18F3NO2/c1-7(10(16)17)8(2)15-5-3-9(4-6-15)11(12,13)14/h7-9H,3-6H2,1-2H3,(H,16,17). The van der Waals surface area contributed by atoms with Gasteiger partial charge in [-0.05, 0) is 32.9 Å². The molecule has 2 atom stereocenters. The van der Waals surface area contributed by atoms with E-state index in [1.807, 2.05) is 4.90 Å². The molecule has 0 radical (unpaired) electrons.